The maximum atomic E-state index is 2.58. The molecule has 13 rings (SSSR count). The lowest BCUT2D eigenvalue weighted by atomic mass is 9.73. The van der Waals surface area contributed by atoms with Crippen molar-refractivity contribution in [3.8, 4) is 33.4 Å². The molecule has 0 aliphatic heterocycles. The zero-order valence-corrected chi connectivity index (χ0v) is 79.5. The molecule has 2 heteroatoms. The van der Waals surface area contributed by atoms with Crippen LogP contribution in [-0.4, -0.2) is 0 Å². The first-order valence-corrected chi connectivity index (χ1v) is 47.5. The highest BCUT2D eigenvalue weighted by Crippen LogP contribution is 2.55. The lowest BCUT2D eigenvalue weighted by molar-refractivity contribution is 0.449. The molecule has 1 aliphatic carbocycles. The van der Waals surface area contributed by atoms with E-state index in [4.69, 9.17) is 0 Å². The molecule has 0 fully saturated rings. The van der Waals surface area contributed by atoms with Crippen molar-refractivity contribution in [1.82, 2.24) is 0 Å². The molecule has 2 nitrogen and oxygen atoms in total. The van der Waals surface area contributed by atoms with Gasteiger partial charge in [-0.3, -0.25) is 0 Å². The number of unbranched alkanes of at least 4 members (excludes halogenated alkanes) is 4. The summed E-state index contributed by atoms with van der Waals surface area (Å²) < 4.78 is 0. The van der Waals surface area contributed by atoms with Gasteiger partial charge in [0.05, 0.1) is 11.4 Å². The first-order chi connectivity index (χ1) is 57.9. The summed E-state index contributed by atoms with van der Waals surface area (Å²) in [5.41, 5.74) is 40.0. The molecular weight excluding hydrogens is 1480 g/mol. The molecule has 0 saturated heterocycles. The molecule has 5 atom stereocenters. The van der Waals surface area contributed by atoms with Gasteiger partial charge in [0, 0.05) is 28.2 Å². The van der Waals surface area contributed by atoms with Gasteiger partial charge in [-0.2, -0.15) is 0 Å². The van der Waals surface area contributed by atoms with E-state index in [-0.39, 0.29) is 31.1 Å². The molecule has 0 bridgehead atoms. The van der Waals surface area contributed by atoms with Gasteiger partial charge in [-0.1, -0.05) is 382 Å². The highest BCUT2D eigenvalue weighted by molar-refractivity contribution is 5.96. The third kappa shape index (κ3) is 22.0. The molecule has 0 spiro atoms. The van der Waals surface area contributed by atoms with Gasteiger partial charge in [-0.25, -0.2) is 0 Å². The van der Waals surface area contributed by atoms with E-state index in [0.717, 1.165) is 53.8 Å². The van der Waals surface area contributed by atoms with Crippen molar-refractivity contribution in [3.05, 3.63) is 306 Å². The third-order valence-corrected chi connectivity index (χ3v) is 27.7. The van der Waals surface area contributed by atoms with Gasteiger partial charge in [0.15, 0.2) is 0 Å². The van der Waals surface area contributed by atoms with E-state index >= 15 is 0 Å². The fraction of sp³-hybridized carbons (Fsp3) is 0.438. The molecule has 123 heavy (non-hydrogen) atoms. The second kappa shape index (κ2) is 42.2. The van der Waals surface area contributed by atoms with Crippen LogP contribution in [0, 0.1) is 86.0 Å². The largest absolute Gasteiger partial charge is 0.310 e. The molecule has 12 aromatic carbocycles. The van der Waals surface area contributed by atoms with Crippen LogP contribution in [0.15, 0.2) is 206 Å². The number of benzene rings is 12. The molecule has 0 radical (unpaired) electrons. The zero-order valence-electron chi connectivity index (χ0n) is 79.5. The number of aryl methyl sites for hydroxylation is 9. The van der Waals surface area contributed by atoms with Gasteiger partial charge in [0.1, 0.15) is 0 Å². The molecule has 0 heterocycles. The Morgan fingerprint density at radius 2 is 0.610 bits per heavy atom. The van der Waals surface area contributed by atoms with Crippen LogP contribution in [0.25, 0.3) is 54.9 Å². The van der Waals surface area contributed by atoms with Crippen LogP contribution in [0.3, 0.4) is 0 Å². The summed E-state index contributed by atoms with van der Waals surface area (Å²) in [7, 11) is 0. The van der Waals surface area contributed by atoms with Crippen LogP contribution in [-0.2, 0) is 41.9 Å². The van der Waals surface area contributed by atoms with Crippen molar-refractivity contribution in [1.29, 1.82) is 0 Å². The highest BCUT2D eigenvalue weighted by atomic mass is 15.2. The maximum Gasteiger partial charge on any atom is 0.0520 e. The van der Waals surface area contributed by atoms with Gasteiger partial charge in [0.25, 0.3) is 0 Å². The molecule has 0 N–H and O–H groups in total. The van der Waals surface area contributed by atoms with Crippen LogP contribution in [0.5, 0.6) is 0 Å². The second-order valence-electron chi connectivity index (χ2n) is 39.6. The van der Waals surface area contributed by atoms with Crippen LogP contribution in [0.1, 0.15) is 322 Å². The van der Waals surface area contributed by atoms with E-state index in [2.05, 4.69) is 382 Å². The van der Waals surface area contributed by atoms with Crippen LogP contribution < -0.4 is 9.80 Å². The van der Waals surface area contributed by atoms with E-state index in [1.165, 1.54) is 264 Å². The van der Waals surface area contributed by atoms with E-state index in [1.807, 2.05) is 0 Å². The number of hydrogen-bond donors (Lipinski definition) is 0. The summed E-state index contributed by atoms with van der Waals surface area (Å²) in [6, 6.07) is 81.3. The quantitative estimate of drug-likeness (QED) is 0.0404. The lowest BCUT2D eigenvalue weighted by Gasteiger charge is -2.33. The van der Waals surface area contributed by atoms with Crippen molar-refractivity contribution in [2.75, 3.05) is 9.80 Å². The summed E-state index contributed by atoms with van der Waals surface area (Å²) in [6.07, 6.45) is 25.1. The van der Waals surface area contributed by atoms with Crippen LogP contribution >= 0.6 is 0 Å². The summed E-state index contributed by atoms with van der Waals surface area (Å²) >= 11 is 0. The molecule has 5 unspecified atom stereocenters. The van der Waals surface area contributed by atoms with Gasteiger partial charge < -0.3 is 9.80 Å². The summed E-state index contributed by atoms with van der Waals surface area (Å²) in [5, 5.41) is 5.91. The standard InChI is InChI=1S/C70H90N2.C49H60.2CH4/c1-17-21-23-53(19-3)43-57-37-48(6)38-65-58(44-54(20-4)24-22-18-2)45-56(46-66(57)65)55-27-31-62(32-28-55)72(68-51(9)41-60(42-52(68)10)70(14,15)16)64-35-33-63(34-36-64)71(61-29-25-47(5)26-30-61)67-49(7)39-59(40-50(67)8)69(11,12)13;1-9-13-17-36(11-3)28-40-24-35(7)26-45-41(29-37(12-4)18-14-10-2)30-39(31-46(40)45)38-21-23-44-43-22-20-34(6)27-47(43)49(8,48(44)32-38)42-19-15-16-33(5)25-42;;/h25-42,45-46,53-54H,17-24,43-44H2,1-16H3;15-16,19-27,30-32,36-37H,9-14,17-18,28-29H2,1-8H3;2*1H4. The minimum Gasteiger partial charge on any atom is -0.310 e. The van der Waals surface area contributed by atoms with Crippen molar-refractivity contribution in [2.45, 2.75) is 326 Å². The summed E-state index contributed by atoms with van der Waals surface area (Å²) in [4.78, 5) is 4.96. The fourth-order valence-electron chi connectivity index (χ4n) is 20.2. The normalized spacial score (nSPS) is 14.1. The predicted molar refractivity (Wildman–Crippen MR) is 547 cm³/mol. The Labute approximate surface area is 749 Å². The lowest BCUT2D eigenvalue weighted by Crippen LogP contribution is -2.22. The van der Waals surface area contributed by atoms with E-state index in [1.54, 1.807) is 11.1 Å². The number of fused-ring (bicyclic) bond motifs is 5. The second-order valence-corrected chi connectivity index (χ2v) is 39.6. The molecule has 0 aromatic heterocycles. The highest BCUT2D eigenvalue weighted by Gasteiger charge is 2.41. The summed E-state index contributed by atoms with van der Waals surface area (Å²) in [6.45, 7) is 55.6. The first kappa shape index (κ1) is 96.0. The van der Waals surface area contributed by atoms with Gasteiger partial charge in [-0.15, -0.1) is 0 Å². The van der Waals surface area contributed by atoms with Crippen LogP contribution in [0.4, 0.5) is 34.1 Å². The van der Waals surface area contributed by atoms with E-state index in [9.17, 15) is 0 Å². The van der Waals surface area contributed by atoms with Crippen molar-refractivity contribution >= 4 is 55.7 Å². The van der Waals surface area contributed by atoms with Crippen molar-refractivity contribution in [2.24, 2.45) is 23.7 Å². The Hall–Kier alpha value is -9.24. The minimum absolute atomic E-state index is 0. The van der Waals surface area contributed by atoms with Crippen molar-refractivity contribution < 1.29 is 0 Å². The Kier molecular flexibility index (Phi) is 32.9. The molecule has 1 aliphatic rings. The SMILES string of the molecule is C.C.CCCCC(CC)Cc1cc(-c2ccc(N(c3ccc(N(c4ccc(C)cc4)c4c(C)cc(C(C)(C)C)cc4C)cc3)c3c(C)cc(C(C)(C)C)cc3C)cc2)cc2c(CC(CC)CCCC)cc(C)cc12.CCCCC(CC)Cc1cc(-c2ccc3c(c2)C(C)(c2cccc(C)c2)c2cc(C)ccc2-3)cc2c(CC(CC)CCCC)cc(C)cc12. The number of rotatable bonds is 33. The third-order valence-electron chi connectivity index (χ3n) is 27.7. The van der Waals surface area contributed by atoms with E-state index < -0.39 is 0 Å². The number of anilines is 6. The smallest absolute Gasteiger partial charge is 0.0520 e. The maximum absolute atomic E-state index is 2.58. The molecule has 652 valence electrons. The zero-order chi connectivity index (χ0) is 86.8. The van der Waals surface area contributed by atoms with Gasteiger partial charge >= 0.3 is 0 Å². The van der Waals surface area contributed by atoms with Gasteiger partial charge in [-0.05, 0) is 323 Å². The summed E-state index contributed by atoms with van der Waals surface area (Å²) in [5.74, 6) is 2.85. The molecule has 0 saturated carbocycles. The Bertz CT molecular complexity index is 5460. The fourth-order valence-corrected chi connectivity index (χ4v) is 20.2. The Balaban J connectivity index is 0.000000271. The minimum atomic E-state index is -0.207. The Morgan fingerprint density at radius 3 is 0.976 bits per heavy atom. The monoisotopic (exact) mass is 1640 g/mol. The topological polar surface area (TPSA) is 6.48 Å². The first-order valence-electron chi connectivity index (χ1n) is 47.5. The molecular formula is C121H158N2. The molecule has 12 aromatic rings. The van der Waals surface area contributed by atoms with Crippen LogP contribution in [0.2, 0.25) is 0 Å². The number of nitrogens with zero attached hydrogens (tertiary/aromatic N) is 2. The number of hydrogen-bond acceptors (Lipinski definition) is 2. The predicted octanol–water partition coefficient (Wildman–Crippen LogP) is 37.0. The Morgan fingerprint density at radius 1 is 0.293 bits per heavy atom. The van der Waals surface area contributed by atoms with Crippen molar-refractivity contribution in [3.63, 3.8) is 0 Å². The average molecular weight is 1640 g/mol. The molecule has 0 amide bonds. The average Bonchev–Trinajstić information content (AvgIpc) is 1.56. The van der Waals surface area contributed by atoms with Gasteiger partial charge in [0.2, 0.25) is 0 Å². The van der Waals surface area contributed by atoms with E-state index in [0.29, 0.717) is 11.8 Å².